The number of methoxy groups -OCH3 is 1. The van der Waals surface area contributed by atoms with Gasteiger partial charge in [0.05, 0.1) is 30.3 Å². The molecule has 1 aromatic carbocycles. The number of H-pyrrole nitrogens is 1. The maximum atomic E-state index is 13.1. The lowest BCUT2D eigenvalue weighted by Gasteiger charge is -2.17. The van der Waals surface area contributed by atoms with Gasteiger partial charge in [-0.3, -0.25) is 4.79 Å². The van der Waals surface area contributed by atoms with Crippen molar-refractivity contribution in [1.82, 2.24) is 15.3 Å². The molecule has 1 aliphatic rings. The van der Waals surface area contributed by atoms with E-state index in [-0.39, 0.29) is 23.9 Å². The second-order valence-electron chi connectivity index (χ2n) is 5.33. The molecular formula is C15H18FN3O3. The normalized spacial score (nSPS) is 21.4. The summed E-state index contributed by atoms with van der Waals surface area (Å²) in [5.74, 6) is 0.276. The van der Waals surface area contributed by atoms with Gasteiger partial charge in [-0.25, -0.2) is 9.37 Å². The van der Waals surface area contributed by atoms with Crippen LogP contribution in [0.4, 0.5) is 4.39 Å². The molecule has 0 radical (unpaired) electrons. The largest absolute Gasteiger partial charge is 0.377 e. The van der Waals surface area contributed by atoms with Crippen molar-refractivity contribution in [3.63, 3.8) is 0 Å². The highest BCUT2D eigenvalue weighted by Gasteiger charge is 2.29. The van der Waals surface area contributed by atoms with Gasteiger partial charge >= 0.3 is 0 Å². The summed E-state index contributed by atoms with van der Waals surface area (Å²) in [5.41, 5.74) is 1.33. The lowest BCUT2D eigenvalue weighted by atomic mass is 10.2. The molecule has 0 saturated carbocycles. The molecule has 2 atom stereocenters. The molecule has 3 rings (SSSR count). The van der Waals surface area contributed by atoms with E-state index in [1.165, 1.54) is 12.1 Å². The summed E-state index contributed by atoms with van der Waals surface area (Å²) in [5, 5.41) is 2.90. The number of fused-ring (bicyclic) bond motifs is 1. The molecule has 118 valence electrons. The number of nitrogens with zero attached hydrogens (tertiary/aromatic N) is 1. The fraction of sp³-hybridized carbons (Fsp3) is 0.467. The zero-order valence-corrected chi connectivity index (χ0v) is 12.3. The Hall–Kier alpha value is -1.99. The summed E-state index contributed by atoms with van der Waals surface area (Å²) in [7, 11) is 1.60. The number of rotatable bonds is 5. The first-order chi connectivity index (χ1) is 10.7. The lowest BCUT2D eigenvalue weighted by Crippen LogP contribution is -2.43. The number of aromatic amines is 1. The highest BCUT2D eigenvalue weighted by Crippen LogP contribution is 2.14. The minimum atomic E-state index is -0.313. The van der Waals surface area contributed by atoms with E-state index >= 15 is 0 Å². The summed E-state index contributed by atoms with van der Waals surface area (Å²) in [6.07, 6.45) is 0.668. The van der Waals surface area contributed by atoms with Crippen molar-refractivity contribution in [1.29, 1.82) is 0 Å². The highest BCUT2D eigenvalue weighted by atomic mass is 19.1. The smallest absolute Gasteiger partial charge is 0.220 e. The summed E-state index contributed by atoms with van der Waals surface area (Å²) in [4.78, 5) is 19.3. The molecule has 0 aliphatic carbocycles. The van der Waals surface area contributed by atoms with Gasteiger partial charge in [0, 0.05) is 20.0 Å². The third-order valence-electron chi connectivity index (χ3n) is 3.76. The van der Waals surface area contributed by atoms with Crippen molar-refractivity contribution in [2.24, 2.45) is 0 Å². The topological polar surface area (TPSA) is 76.2 Å². The second-order valence-corrected chi connectivity index (χ2v) is 5.33. The van der Waals surface area contributed by atoms with E-state index < -0.39 is 0 Å². The number of aryl methyl sites for hydroxylation is 1. The van der Waals surface area contributed by atoms with E-state index in [0.29, 0.717) is 42.9 Å². The molecule has 2 heterocycles. The molecular weight excluding hydrogens is 289 g/mol. The van der Waals surface area contributed by atoms with Crippen molar-refractivity contribution in [2.75, 3.05) is 20.3 Å². The Morgan fingerprint density at radius 2 is 2.41 bits per heavy atom. The van der Waals surface area contributed by atoms with E-state index in [0.717, 1.165) is 0 Å². The average molecular weight is 307 g/mol. The fourth-order valence-corrected chi connectivity index (χ4v) is 2.57. The van der Waals surface area contributed by atoms with Gasteiger partial charge in [-0.1, -0.05) is 0 Å². The van der Waals surface area contributed by atoms with E-state index in [9.17, 15) is 9.18 Å². The number of imidazole rings is 1. The summed E-state index contributed by atoms with van der Waals surface area (Å²) >= 11 is 0. The Kier molecular flexibility index (Phi) is 4.35. The van der Waals surface area contributed by atoms with Crippen LogP contribution in [0.3, 0.4) is 0 Å². The Bertz CT molecular complexity index is 673. The quantitative estimate of drug-likeness (QED) is 0.869. The number of nitrogens with one attached hydrogen (secondary N) is 2. The number of halogens is 1. The van der Waals surface area contributed by atoms with Crippen LogP contribution in [0, 0.1) is 5.82 Å². The third kappa shape index (κ3) is 3.26. The predicted molar refractivity (Wildman–Crippen MR) is 77.9 cm³/mol. The molecule has 1 aliphatic heterocycles. The molecule has 1 aromatic heterocycles. The van der Waals surface area contributed by atoms with Gasteiger partial charge in [-0.2, -0.15) is 0 Å². The van der Waals surface area contributed by atoms with Crippen molar-refractivity contribution in [3.8, 4) is 0 Å². The first-order valence-corrected chi connectivity index (χ1v) is 7.20. The van der Waals surface area contributed by atoms with Crippen LogP contribution in [0.2, 0.25) is 0 Å². The Labute approximate surface area is 127 Å². The second kappa shape index (κ2) is 6.41. The monoisotopic (exact) mass is 307 g/mol. The minimum absolute atomic E-state index is 0.0795. The van der Waals surface area contributed by atoms with Crippen LogP contribution in [0.5, 0.6) is 0 Å². The van der Waals surface area contributed by atoms with Crippen LogP contribution < -0.4 is 5.32 Å². The maximum absolute atomic E-state index is 13.1. The molecule has 22 heavy (non-hydrogen) atoms. The predicted octanol–water partition coefficient (Wildman–Crippen LogP) is 1.16. The van der Waals surface area contributed by atoms with E-state index in [1.807, 2.05) is 0 Å². The zero-order valence-electron chi connectivity index (χ0n) is 12.3. The molecule has 0 spiro atoms. The highest BCUT2D eigenvalue weighted by molar-refractivity contribution is 5.77. The molecule has 7 heteroatoms. The van der Waals surface area contributed by atoms with Crippen molar-refractivity contribution in [2.45, 2.75) is 25.0 Å². The first kappa shape index (κ1) is 14.9. The summed E-state index contributed by atoms with van der Waals surface area (Å²) in [6, 6.07) is 4.27. The number of amides is 1. The molecule has 1 saturated heterocycles. The van der Waals surface area contributed by atoms with Crippen LogP contribution in [0.25, 0.3) is 11.0 Å². The average Bonchev–Trinajstić information content (AvgIpc) is 3.10. The van der Waals surface area contributed by atoms with Crippen LogP contribution in [0.1, 0.15) is 12.2 Å². The van der Waals surface area contributed by atoms with Gasteiger partial charge in [0.25, 0.3) is 0 Å². The van der Waals surface area contributed by atoms with E-state index in [4.69, 9.17) is 9.47 Å². The van der Waals surface area contributed by atoms with Crippen molar-refractivity contribution < 1.29 is 18.7 Å². The first-order valence-electron chi connectivity index (χ1n) is 7.20. The number of hydrogen-bond donors (Lipinski definition) is 2. The van der Waals surface area contributed by atoms with Gasteiger partial charge in [-0.05, 0) is 18.2 Å². The zero-order chi connectivity index (χ0) is 15.5. The molecule has 0 bridgehead atoms. The third-order valence-corrected chi connectivity index (χ3v) is 3.76. The van der Waals surface area contributed by atoms with Crippen LogP contribution in [-0.4, -0.2) is 48.3 Å². The Balaban J connectivity index is 1.55. The van der Waals surface area contributed by atoms with Gasteiger partial charge in [0.2, 0.25) is 5.91 Å². The number of hydrogen-bond acceptors (Lipinski definition) is 4. The van der Waals surface area contributed by atoms with Gasteiger partial charge in [0.1, 0.15) is 17.7 Å². The van der Waals surface area contributed by atoms with Crippen molar-refractivity contribution >= 4 is 16.9 Å². The van der Waals surface area contributed by atoms with Gasteiger partial charge in [-0.15, -0.1) is 0 Å². The van der Waals surface area contributed by atoms with E-state index in [2.05, 4.69) is 15.3 Å². The number of carbonyl (C=O) groups is 1. The molecule has 6 nitrogen and oxygen atoms in total. The Morgan fingerprint density at radius 3 is 3.23 bits per heavy atom. The SMILES string of the molecule is CO[C@H]1COC[C@@H]1NC(=O)CCc1nc2ccc(F)cc2[nH]1. The molecule has 1 amide bonds. The number of ether oxygens (including phenoxy) is 2. The van der Waals surface area contributed by atoms with Crippen LogP contribution in [-0.2, 0) is 20.7 Å². The molecule has 1 fully saturated rings. The number of benzene rings is 1. The fourth-order valence-electron chi connectivity index (χ4n) is 2.57. The van der Waals surface area contributed by atoms with Crippen molar-refractivity contribution in [3.05, 3.63) is 29.8 Å². The summed E-state index contributed by atoms with van der Waals surface area (Å²) in [6.45, 7) is 0.963. The number of aromatic nitrogens is 2. The standard InChI is InChI=1S/C15H18FN3O3/c1-21-13-8-22-7-12(13)19-15(20)5-4-14-17-10-3-2-9(16)6-11(10)18-14/h2-3,6,12-13H,4-5,7-8H2,1H3,(H,17,18)(H,19,20)/t12-,13-/m0/s1. The van der Waals surface area contributed by atoms with Crippen LogP contribution in [0.15, 0.2) is 18.2 Å². The molecule has 2 N–H and O–H groups in total. The van der Waals surface area contributed by atoms with Gasteiger partial charge < -0.3 is 19.8 Å². The Morgan fingerprint density at radius 1 is 1.55 bits per heavy atom. The lowest BCUT2D eigenvalue weighted by molar-refractivity contribution is -0.122. The number of carbonyl (C=O) groups excluding carboxylic acids is 1. The maximum Gasteiger partial charge on any atom is 0.220 e. The molecule has 2 aromatic rings. The minimum Gasteiger partial charge on any atom is -0.377 e. The molecule has 0 unspecified atom stereocenters. The van der Waals surface area contributed by atoms with E-state index in [1.54, 1.807) is 13.2 Å². The summed E-state index contributed by atoms with van der Waals surface area (Å²) < 4.78 is 23.6. The van der Waals surface area contributed by atoms with Gasteiger partial charge in [0.15, 0.2) is 0 Å². The van der Waals surface area contributed by atoms with Crippen LogP contribution >= 0.6 is 0 Å².